The van der Waals surface area contributed by atoms with Gasteiger partial charge in [0.25, 0.3) is 0 Å². The van der Waals surface area contributed by atoms with E-state index in [1.807, 2.05) is 14.2 Å². The lowest BCUT2D eigenvalue weighted by molar-refractivity contribution is -0.150. The van der Waals surface area contributed by atoms with E-state index in [9.17, 15) is 0 Å². The van der Waals surface area contributed by atoms with E-state index in [1.54, 1.807) is 5.57 Å². The summed E-state index contributed by atoms with van der Waals surface area (Å²) < 4.78 is 19.0. The first kappa shape index (κ1) is 24.3. The Morgan fingerprint density at radius 1 is 0.879 bits per heavy atom. The lowest BCUT2D eigenvalue weighted by atomic mass is 9.41. The Morgan fingerprint density at radius 2 is 1.61 bits per heavy atom. The fraction of sp³-hybridized carbons (Fsp3) is 0.933. The highest BCUT2D eigenvalue weighted by Crippen LogP contribution is 2.74. The average molecular weight is 459 g/mol. The van der Waals surface area contributed by atoms with Crippen LogP contribution < -0.4 is 0 Å². The molecule has 4 fully saturated rings. The third kappa shape index (κ3) is 3.03. The molecule has 0 aromatic heterocycles. The SMILES string of the molecule is COC1C[C@@]2(C)C3CCC4C(C)(CCC(OC)C4(C)C)C3=CCC2(C)C1C1(C)CCC(C)O1. The van der Waals surface area contributed by atoms with Crippen LogP contribution in [0, 0.1) is 39.4 Å². The van der Waals surface area contributed by atoms with Crippen LogP contribution in [0.5, 0.6) is 0 Å². The number of methoxy groups -OCH3 is 2. The van der Waals surface area contributed by atoms with Gasteiger partial charge in [-0.05, 0) is 98.7 Å². The van der Waals surface area contributed by atoms with Gasteiger partial charge in [-0.2, -0.15) is 0 Å². The van der Waals surface area contributed by atoms with Crippen LogP contribution in [0.25, 0.3) is 0 Å². The molecule has 0 spiro atoms. The highest BCUT2D eigenvalue weighted by Gasteiger charge is 2.70. The number of ether oxygens (including phenoxy) is 3. The summed E-state index contributed by atoms with van der Waals surface area (Å²) in [4.78, 5) is 0. The smallest absolute Gasteiger partial charge is 0.0717 e. The zero-order valence-corrected chi connectivity index (χ0v) is 22.9. The zero-order valence-electron chi connectivity index (χ0n) is 22.9. The van der Waals surface area contributed by atoms with Gasteiger partial charge in [0.2, 0.25) is 0 Å². The zero-order chi connectivity index (χ0) is 24.0. The van der Waals surface area contributed by atoms with Crippen LogP contribution in [-0.2, 0) is 14.2 Å². The van der Waals surface area contributed by atoms with Crippen LogP contribution in [0.4, 0.5) is 0 Å². The van der Waals surface area contributed by atoms with Crippen molar-refractivity contribution in [1.29, 1.82) is 0 Å². The molecule has 0 amide bonds. The second-order valence-corrected chi connectivity index (χ2v) is 14.1. The molecular formula is C30H50O3. The molecule has 3 heteroatoms. The van der Waals surface area contributed by atoms with Crippen LogP contribution in [0.15, 0.2) is 11.6 Å². The maximum atomic E-state index is 6.70. The predicted octanol–water partition coefficient (Wildman–Crippen LogP) is 7.19. The summed E-state index contributed by atoms with van der Waals surface area (Å²) in [6.07, 6.45) is 13.5. The van der Waals surface area contributed by atoms with Crippen LogP contribution in [-0.4, -0.2) is 38.1 Å². The van der Waals surface area contributed by atoms with E-state index in [4.69, 9.17) is 14.2 Å². The molecule has 1 saturated heterocycles. The fourth-order valence-corrected chi connectivity index (χ4v) is 10.7. The second kappa shape index (κ2) is 7.56. The summed E-state index contributed by atoms with van der Waals surface area (Å²) in [5, 5.41) is 0. The van der Waals surface area contributed by atoms with Crippen molar-refractivity contribution in [1.82, 2.24) is 0 Å². The molecule has 0 aromatic rings. The molecule has 5 aliphatic rings. The van der Waals surface area contributed by atoms with Crippen LogP contribution in [0.2, 0.25) is 0 Å². The van der Waals surface area contributed by atoms with Crippen molar-refractivity contribution in [3.63, 3.8) is 0 Å². The minimum Gasteiger partial charge on any atom is -0.381 e. The van der Waals surface area contributed by atoms with Gasteiger partial charge in [-0.1, -0.05) is 46.3 Å². The van der Waals surface area contributed by atoms with Crippen molar-refractivity contribution in [2.24, 2.45) is 39.4 Å². The number of rotatable bonds is 3. The first-order chi connectivity index (χ1) is 15.4. The molecule has 0 N–H and O–H groups in total. The predicted molar refractivity (Wildman–Crippen MR) is 134 cm³/mol. The average Bonchev–Trinajstić information content (AvgIpc) is 3.21. The van der Waals surface area contributed by atoms with Gasteiger partial charge in [0.15, 0.2) is 0 Å². The van der Waals surface area contributed by atoms with Gasteiger partial charge in [-0.3, -0.25) is 0 Å². The van der Waals surface area contributed by atoms with Gasteiger partial charge in [-0.15, -0.1) is 0 Å². The van der Waals surface area contributed by atoms with Crippen molar-refractivity contribution in [2.75, 3.05) is 14.2 Å². The normalized spacial score (nSPS) is 55.5. The lowest BCUT2D eigenvalue weighted by Crippen LogP contribution is -2.58. The Bertz CT molecular complexity index is 817. The molecule has 188 valence electrons. The molecule has 10 atom stereocenters. The quantitative estimate of drug-likeness (QED) is 0.419. The minimum absolute atomic E-state index is 0.0719. The highest BCUT2D eigenvalue weighted by molar-refractivity contribution is 5.34. The summed E-state index contributed by atoms with van der Waals surface area (Å²) in [5.41, 5.74) is 2.72. The Morgan fingerprint density at radius 3 is 2.21 bits per heavy atom. The summed E-state index contributed by atoms with van der Waals surface area (Å²) in [7, 11) is 3.87. The molecule has 5 rings (SSSR count). The largest absolute Gasteiger partial charge is 0.381 e. The van der Waals surface area contributed by atoms with Gasteiger partial charge in [-0.25, -0.2) is 0 Å². The first-order valence-corrected chi connectivity index (χ1v) is 13.8. The van der Waals surface area contributed by atoms with Crippen LogP contribution >= 0.6 is 0 Å². The summed E-state index contributed by atoms with van der Waals surface area (Å²) in [6.45, 7) is 17.4. The van der Waals surface area contributed by atoms with E-state index in [-0.39, 0.29) is 27.9 Å². The molecule has 0 bridgehead atoms. The Hall–Kier alpha value is -0.380. The first-order valence-electron chi connectivity index (χ1n) is 13.8. The number of hydrogen-bond donors (Lipinski definition) is 0. The maximum absolute atomic E-state index is 6.70. The molecular weight excluding hydrogens is 408 g/mol. The van der Waals surface area contributed by atoms with E-state index < -0.39 is 0 Å². The molecule has 0 aromatic carbocycles. The van der Waals surface area contributed by atoms with Gasteiger partial charge < -0.3 is 14.2 Å². The minimum atomic E-state index is -0.0719. The lowest BCUT2D eigenvalue weighted by Gasteiger charge is -2.64. The molecule has 33 heavy (non-hydrogen) atoms. The Balaban J connectivity index is 1.55. The van der Waals surface area contributed by atoms with Gasteiger partial charge >= 0.3 is 0 Å². The summed E-state index contributed by atoms with van der Waals surface area (Å²) >= 11 is 0. The third-order valence-corrected chi connectivity index (χ3v) is 12.5. The molecule has 9 unspecified atom stereocenters. The van der Waals surface area contributed by atoms with Crippen molar-refractivity contribution >= 4 is 0 Å². The Labute approximate surface area is 203 Å². The third-order valence-electron chi connectivity index (χ3n) is 12.5. The standard InChI is InChI=1S/C30H50O3/c1-19-12-17-30(7,33-19)25-22(31-8)18-29(6)21-10-11-23-26(2,3)24(32-9)14-15-27(23,4)20(21)13-16-28(25,29)5/h13,19,21-25H,10-12,14-18H2,1-9H3/t19?,21?,22?,23?,24?,25?,27?,28?,29-,30?/m0/s1. The van der Waals surface area contributed by atoms with Gasteiger partial charge in [0, 0.05) is 20.1 Å². The van der Waals surface area contributed by atoms with Crippen molar-refractivity contribution in [2.45, 2.75) is 124 Å². The van der Waals surface area contributed by atoms with E-state index in [0.29, 0.717) is 35.4 Å². The summed E-state index contributed by atoms with van der Waals surface area (Å²) in [6, 6.07) is 0. The van der Waals surface area contributed by atoms with E-state index in [2.05, 4.69) is 54.5 Å². The molecule has 0 radical (unpaired) electrons. The molecule has 3 nitrogen and oxygen atoms in total. The van der Waals surface area contributed by atoms with Crippen molar-refractivity contribution < 1.29 is 14.2 Å². The molecule has 1 aliphatic heterocycles. The van der Waals surface area contributed by atoms with Gasteiger partial charge in [0.05, 0.1) is 23.9 Å². The monoisotopic (exact) mass is 458 g/mol. The van der Waals surface area contributed by atoms with Crippen molar-refractivity contribution in [3.8, 4) is 0 Å². The van der Waals surface area contributed by atoms with Crippen molar-refractivity contribution in [3.05, 3.63) is 11.6 Å². The van der Waals surface area contributed by atoms with E-state index in [1.165, 1.54) is 44.9 Å². The number of hydrogen-bond acceptors (Lipinski definition) is 3. The van der Waals surface area contributed by atoms with Crippen LogP contribution in [0.1, 0.15) is 99.8 Å². The van der Waals surface area contributed by atoms with Gasteiger partial charge in [0.1, 0.15) is 0 Å². The van der Waals surface area contributed by atoms with E-state index in [0.717, 1.165) is 6.42 Å². The topological polar surface area (TPSA) is 27.7 Å². The number of allylic oxidation sites excluding steroid dienone is 2. The summed E-state index contributed by atoms with van der Waals surface area (Å²) in [5.74, 6) is 1.82. The second-order valence-electron chi connectivity index (χ2n) is 14.1. The fourth-order valence-electron chi connectivity index (χ4n) is 10.7. The Kier molecular flexibility index (Phi) is 5.57. The van der Waals surface area contributed by atoms with Crippen LogP contribution in [0.3, 0.4) is 0 Å². The number of fused-ring (bicyclic) bond motifs is 5. The highest BCUT2D eigenvalue weighted by atomic mass is 16.5. The van der Waals surface area contributed by atoms with E-state index >= 15 is 0 Å². The molecule has 4 aliphatic carbocycles. The molecule has 3 saturated carbocycles. The molecule has 1 heterocycles. The maximum Gasteiger partial charge on any atom is 0.0717 e.